The van der Waals surface area contributed by atoms with Gasteiger partial charge >= 0.3 is 0 Å². The summed E-state index contributed by atoms with van der Waals surface area (Å²) in [4.78, 5) is 12.8. The van der Waals surface area contributed by atoms with Gasteiger partial charge in [0.2, 0.25) is 0 Å². The fraction of sp³-hybridized carbons (Fsp3) is 0.240. The molecule has 3 aromatic rings. The molecule has 2 N–H and O–H groups in total. The van der Waals surface area contributed by atoms with Gasteiger partial charge in [-0.1, -0.05) is 24.3 Å². The first kappa shape index (κ1) is 22.7. The van der Waals surface area contributed by atoms with Crippen LogP contribution in [0.3, 0.4) is 0 Å². The zero-order valence-electron chi connectivity index (χ0n) is 18.7. The number of rotatable bonds is 6. The average Bonchev–Trinajstić information content (AvgIpc) is 2.76. The summed E-state index contributed by atoms with van der Waals surface area (Å²) in [7, 11) is -3.88. The van der Waals surface area contributed by atoms with Crippen molar-refractivity contribution >= 4 is 21.6 Å². The molecule has 0 aromatic heterocycles. The van der Waals surface area contributed by atoms with Crippen molar-refractivity contribution in [2.75, 3.05) is 17.9 Å². The second-order valence-corrected chi connectivity index (χ2v) is 9.82. The Morgan fingerprint density at radius 1 is 0.970 bits per heavy atom. The van der Waals surface area contributed by atoms with Gasteiger partial charge in [0, 0.05) is 11.3 Å². The van der Waals surface area contributed by atoms with E-state index >= 15 is 0 Å². The predicted molar refractivity (Wildman–Crippen MR) is 127 cm³/mol. The summed E-state index contributed by atoms with van der Waals surface area (Å²) in [5.74, 6) is 0.911. The second kappa shape index (κ2) is 9.15. The molecule has 0 spiro atoms. The highest BCUT2D eigenvalue weighted by atomic mass is 32.2. The van der Waals surface area contributed by atoms with E-state index in [9.17, 15) is 13.2 Å². The molecule has 8 heteroatoms. The fourth-order valence-corrected chi connectivity index (χ4v) is 5.06. The molecule has 1 aliphatic heterocycles. The Balaban J connectivity index is 1.46. The van der Waals surface area contributed by atoms with Crippen molar-refractivity contribution in [3.63, 3.8) is 0 Å². The summed E-state index contributed by atoms with van der Waals surface area (Å²) in [6.07, 6.45) is -0.344. The maximum atomic E-state index is 13.1. The van der Waals surface area contributed by atoms with Crippen LogP contribution in [0, 0.1) is 20.8 Å². The van der Waals surface area contributed by atoms with E-state index in [1.165, 1.54) is 6.07 Å². The Labute approximate surface area is 193 Å². The number of ether oxygens (including phenoxy) is 2. The molecule has 33 heavy (non-hydrogen) atoms. The van der Waals surface area contributed by atoms with E-state index in [4.69, 9.17) is 9.47 Å². The van der Waals surface area contributed by atoms with Crippen LogP contribution in [0.25, 0.3) is 0 Å². The Hall–Kier alpha value is -3.52. The Bertz CT molecular complexity index is 1280. The van der Waals surface area contributed by atoms with Crippen LogP contribution in [0.5, 0.6) is 11.5 Å². The maximum Gasteiger partial charge on any atom is 0.262 e. The molecular weight excluding hydrogens is 440 g/mol. The number of carbonyl (C=O) groups excluding carboxylic acids is 1. The van der Waals surface area contributed by atoms with Crippen molar-refractivity contribution < 1.29 is 22.7 Å². The molecule has 7 nitrogen and oxygen atoms in total. The lowest BCUT2D eigenvalue weighted by Gasteiger charge is -2.26. The van der Waals surface area contributed by atoms with Crippen molar-refractivity contribution in [3.8, 4) is 11.5 Å². The van der Waals surface area contributed by atoms with Crippen molar-refractivity contribution in [1.82, 2.24) is 5.32 Å². The van der Waals surface area contributed by atoms with Gasteiger partial charge in [-0.15, -0.1) is 0 Å². The van der Waals surface area contributed by atoms with Crippen LogP contribution in [-0.4, -0.2) is 33.6 Å². The van der Waals surface area contributed by atoms with Gasteiger partial charge in [0.1, 0.15) is 12.7 Å². The van der Waals surface area contributed by atoms with E-state index in [0.29, 0.717) is 29.4 Å². The minimum Gasteiger partial charge on any atom is -0.486 e. The minimum atomic E-state index is -3.88. The van der Waals surface area contributed by atoms with Gasteiger partial charge in [-0.2, -0.15) is 0 Å². The number of hydrogen-bond donors (Lipinski definition) is 2. The number of nitrogens with one attached hydrogen (secondary N) is 2. The first-order valence-corrected chi connectivity index (χ1v) is 12.1. The molecule has 1 amide bonds. The summed E-state index contributed by atoms with van der Waals surface area (Å²) in [6, 6.07) is 17.5. The maximum absolute atomic E-state index is 13.1. The number of sulfonamides is 1. The third kappa shape index (κ3) is 5.28. The van der Waals surface area contributed by atoms with Crippen LogP contribution >= 0.6 is 0 Å². The quantitative estimate of drug-likeness (QED) is 0.573. The van der Waals surface area contributed by atoms with Gasteiger partial charge in [0.25, 0.3) is 15.9 Å². The van der Waals surface area contributed by atoms with Crippen molar-refractivity contribution in [1.29, 1.82) is 0 Å². The Morgan fingerprint density at radius 2 is 1.67 bits per heavy atom. The number of hydrogen-bond acceptors (Lipinski definition) is 5. The van der Waals surface area contributed by atoms with Crippen LogP contribution in [0.15, 0.2) is 65.6 Å². The average molecular weight is 467 g/mol. The lowest BCUT2D eigenvalue weighted by Crippen LogP contribution is -2.40. The number of amides is 1. The second-order valence-electron chi connectivity index (χ2n) is 8.17. The molecule has 1 atom stereocenters. The highest BCUT2D eigenvalue weighted by molar-refractivity contribution is 7.92. The molecule has 4 rings (SSSR count). The SMILES string of the molecule is Cc1cc(C)cc(NS(=O)(=O)c2cc(C(=O)NCC3COc4ccccc4O3)ccc2C)c1. The smallest absolute Gasteiger partial charge is 0.262 e. The molecule has 0 saturated carbocycles. The van der Waals surface area contributed by atoms with E-state index in [-0.39, 0.29) is 29.0 Å². The van der Waals surface area contributed by atoms with Crippen molar-refractivity contribution in [2.45, 2.75) is 31.8 Å². The minimum absolute atomic E-state index is 0.0560. The third-order valence-electron chi connectivity index (χ3n) is 5.27. The summed E-state index contributed by atoms with van der Waals surface area (Å²) >= 11 is 0. The van der Waals surface area contributed by atoms with E-state index in [1.54, 1.807) is 31.2 Å². The zero-order valence-corrected chi connectivity index (χ0v) is 19.5. The number of fused-ring (bicyclic) bond motifs is 1. The van der Waals surface area contributed by atoms with Crippen LogP contribution in [0.1, 0.15) is 27.0 Å². The molecule has 0 fully saturated rings. The van der Waals surface area contributed by atoms with Crippen molar-refractivity contribution in [3.05, 3.63) is 82.9 Å². The van der Waals surface area contributed by atoms with Gasteiger partial charge in [0.15, 0.2) is 11.5 Å². The molecule has 3 aromatic carbocycles. The third-order valence-corrected chi connectivity index (χ3v) is 6.79. The highest BCUT2D eigenvalue weighted by Gasteiger charge is 2.23. The highest BCUT2D eigenvalue weighted by Crippen LogP contribution is 2.30. The summed E-state index contributed by atoms with van der Waals surface area (Å²) in [5.41, 5.74) is 3.18. The molecule has 1 unspecified atom stereocenters. The monoisotopic (exact) mass is 466 g/mol. The lowest BCUT2D eigenvalue weighted by molar-refractivity contribution is 0.0789. The summed E-state index contributed by atoms with van der Waals surface area (Å²) in [5, 5.41) is 2.80. The standard InChI is InChI=1S/C25H26N2O5S/c1-16-10-17(2)12-20(11-16)27-33(29,30)24-13-19(9-8-18(24)3)25(28)26-14-21-15-31-22-6-4-5-7-23(22)32-21/h4-13,21,27H,14-15H2,1-3H3,(H,26,28). The van der Waals surface area contributed by atoms with E-state index in [0.717, 1.165) is 11.1 Å². The molecule has 172 valence electrons. The number of carbonyl (C=O) groups is 1. The van der Waals surface area contributed by atoms with Gasteiger partial charge in [-0.05, 0) is 73.9 Å². The van der Waals surface area contributed by atoms with Gasteiger partial charge in [-0.3, -0.25) is 9.52 Å². The van der Waals surface area contributed by atoms with Crippen molar-refractivity contribution in [2.24, 2.45) is 0 Å². The molecule has 0 saturated heterocycles. The molecule has 1 heterocycles. The van der Waals surface area contributed by atoms with Crippen LogP contribution in [0.4, 0.5) is 5.69 Å². The van der Waals surface area contributed by atoms with Gasteiger partial charge in [-0.25, -0.2) is 8.42 Å². The molecule has 0 bridgehead atoms. The first-order chi connectivity index (χ1) is 15.7. The largest absolute Gasteiger partial charge is 0.486 e. The predicted octanol–water partition coefficient (Wildman–Crippen LogP) is 3.98. The first-order valence-electron chi connectivity index (χ1n) is 10.6. The zero-order chi connectivity index (χ0) is 23.6. The molecule has 0 aliphatic carbocycles. The van der Waals surface area contributed by atoms with Crippen LogP contribution < -0.4 is 19.5 Å². The number of aryl methyl sites for hydroxylation is 3. The number of benzene rings is 3. The number of anilines is 1. The molecule has 1 aliphatic rings. The van der Waals surface area contributed by atoms with Crippen LogP contribution in [-0.2, 0) is 10.0 Å². The summed E-state index contributed by atoms with van der Waals surface area (Å²) < 4.78 is 40.3. The lowest BCUT2D eigenvalue weighted by atomic mass is 10.1. The Kier molecular flexibility index (Phi) is 6.29. The van der Waals surface area contributed by atoms with E-state index < -0.39 is 10.0 Å². The van der Waals surface area contributed by atoms with Gasteiger partial charge in [0.05, 0.1) is 11.4 Å². The summed E-state index contributed by atoms with van der Waals surface area (Å²) in [6.45, 7) is 6.04. The van der Waals surface area contributed by atoms with Crippen LogP contribution in [0.2, 0.25) is 0 Å². The fourth-order valence-electron chi connectivity index (χ4n) is 3.75. The molecular formula is C25H26N2O5S. The normalized spacial score (nSPS) is 15.1. The van der Waals surface area contributed by atoms with E-state index in [1.807, 2.05) is 44.2 Å². The topological polar surface area (TPSA) is 93.7 Å². The van der Waals surface area contributed by atoms with Gasteiger partial charge < -0.3 is 14.8 Å². The molecule has 0 radical (unpaired) electrons. The van der Waals surface area contributed by atoms with E-state index in [2.05, 4.69) is 10.0 Å². The number of para-hydroxylation sites is 2. The Morgan fingerprint density at radius 3 is 2.39 bits per heavy atom.